The van der Waals surface area contributed by atoms with E-state index < -0.39 is 0 Å². The van der Waals surface area contributed by atoms with E-state index in [2.05, 4.69) is 25.2 Å². The van der Waals surface area contributed by atoms with Gasteiger partial charge in [-0.25, -0.2) is 4.98 Å². The van der Waals surface area contributed by atoms with Crippen LogP contribution in [0.2, 0.25) is 0 Å². The zero-order valence-corrected chi connectivity index (χ0v) is 14.1. The van der Waals surface area contributed by atoms with E-state index in [1.807, 2.05) is 30.3 Å². The number of aromatic amines is 1. The van der Waals surface area contributed by atoms with Crippen LogP contribution in [0.3, 0.4) is 0 Å². The second kappa shape index (κ2) is 6.29. The molecular formula is C16H18N6OS. The molecule has 1 aliphatic heterocycles. The molecule has 0 aliphatic carbocycles. The zero-order valence-electron chi connectivity index (χ0n) is 13.3. The number of anilines is 1. The first-order valence-corrected chi connectivity index (χ1v) is 8.69. The van der Waals surface area contributed by atoms with Crippen LogP contribution in [0.25, 0.3) is 11.2 Å². The van der Waals surface area contributed by atoms with Crippen molar-refractivity contribution in [3.05, 3.63) is 40.7 Å². The molecule has 1 aliphatic rings. The third-order valence-electron chi connectivity index (χ3n) is 4.05. The molecule has 0 radical (unpaired) electrons. The molecule has 124 valence electrons. The van der Waals surface area contributed by atoms with Crippen LogP contribution in [0.1, 0.15) is 0 Å². The lowest BCUT2D eigenvalue weighted by Crippen LogP contribution is -2.44. The van der Waals surface area contributed by atoms with E-state index in [4.69, 9.17) is 0 Å². The maximum atomic E-state index is 12.6. The third kappa shape index (κ3) is 2.78. The summed E-state index contributed by atoms with van der Waals surface area (Å²) in [5, 5.41) is 3.94. The van der Waals surface area contributed by atoms with Gasteiger partial charge in [0, 0.05) is 38.1 Å². The number of hydrogen-bond donors (Lipinski definition) is 2. The first kappa shape index (κ1) is 15.2. The van der Waals surface area contributed by atoms with Gasteiger partial charge in [-0.15, -0.1) is 0 Å². The van der Waals surface area contributed by atoms with Crippen molar-refractivity contribution in [2.45, 2.75) is 10.1 Å². The summed E-state index contributed by atoms with van der Waals surface area (Å²) in [6, 6.07) is 9.90. The standard InChI is InChI=1S/C16H18N6OS/c1-21-14(23)12-13(19-15(18-12)22-9-7-17-8-10-22)20-16(21)24-11-5-3-2-4-6-11/h2-6,17H,7-10H2,1H3,(H,18,19). The predicted octanol–water partition coefficient (Wildman–Crippen LogP) is 1.22. The highest BCUT2D eigenvalue weighted by Crippen LogP contribution is 2.25. The number of piperazine rings is 1. The van der Waals surface area contributed by atoms with Crippen LogP contribution in [-0.4, -0.2) is 45.7 Å². The Labute approximate surface area is 143 Å². The summed E-state index contributed by atoms with van der Waals surface area (Å²) in [5.74, 6) is 0.720. The van der Waals surface area contributed by atoms with Crippen molar-refractivity contribution in [2.24, 2.45) is 7.05 Å². The molecule has 2 N–H and O–H groups in total. The Hall–Kier alpha value is -2.32. The molecule has 24 heavy (non-hydrogen) atoms. The second-order valence-electron chi connectivity index (χ2n) is 5.67. The molecule has 1 saturated heterocycles. The minimum absolute atomic E-state index is 0.104. The van der Waals surface area contributed by atoms with Crippen LogP contribution in [-0.2, 0) is 7.05 Å². The lowest BCUT2D eigenvalue weighted by molar-refractivity contribution is 0.582. The Morgan fingerprint density at radius 2 is 1.88 bits per heavy atom. The van der Waals surface area contributed by atoms with Gasteiger partial charge in [-0.1, -0.05) is 30.0 Å². The van der Waals surface area contributed by atoms with Crippen molar-refractivity contribution < 1.29 is 0 Å². The van der Waals surface area contributed by atoms with E-state index in [-0.39, 0.29) is 5.56 Å². The summed E-state index contributed by atoms with van der Waals surface area (Å²) in [6.07, 6.45) is 0. The van der Waals surface area contributed by atoms with Crippen molar-refractivity contribution >= 4 is 28.9 Å². The Kier molecular flexibility index (Phi) is 3.99. The molecule has 1 aromatic carbocycles. The fraction of sp³-hybridized carbons (Fsp3) is 0.312. The Morgan fingerprint density at radius 3 is 2.62 bits per heavy atom. The van der Waals surface area contributed by atoms with Gasteiger partial charge >= 0.3 is 0 Å². The van der Waals surface area contributed by atoms with Crippen molar-refractivity contribution in [3.8, 4) is 0 Å². The molecule has 3 heterocycles. The topological polar surface area (TPSA) is 78.8 Å². The van der Waals surface area contributed by atoms with Crippen molar-refractivity contribution in [3.63, 3.8) is 0 Å². The normalized spacial score (nSPS) is 15.1. The highest BCUT2D eigenvalue weighted by molar-refractivity contribution is 7.99. The molecular weight excluding hydrogens is 324 g/mol. The molecule has 3 aromatic rings. The summed E-state index contributed by atoms with van der Waals surface area (Å²) in [6.45, 7) is 3.56. The molecule has 0 atom stereocenters. The maximum Gasteiger partial charge on any atom is 0.280 e. The monoisotopic (exact) mass is 342 g/mol. The molecule has 0 bridgehead atoms. The summed E-state index contributed by atoms with van der Waals surface area (Å²) >= 11 is 1.46. The first-order chi connectivity index (χ1) is 11.7. The van der Waals surface area contributed by atoms with Gasteiger partial charge in [0.15, 0.2) is 16.3 Å². The van der Waals surface area contributed by atoms with Crippen molar-refractivity contribution in [1.82, 2.24) is 24.8 Å². The number of nitrogens with one attached hydrogen (secondary N) is 2. The van der Waals surface area contributed by atoms with Crippen LogP contribution in [0.15, 0.2) is 45.2 Å². The average Bonchev–Trinajstić information content (AvgIpc) is 3.05. The van der Waals surface area contributed by atoms with Crippen molar-refractivity contribution in [2.75, 3.05) is 31.1 Å². The van der Waals surface area contributed by atoms with Crippen LogP contribution in [0.5, 0.6) is 0 Å². The lowest BCUT2D eigenvalue weighted by atomic mass is 10.4. The van der Waals surface area contributed by atoms with Gasteiger partial charge < -0.3 is 15.2 Å². The number of fused-ring (bicyclic) bond motifs is 1. The Morgan fingerprint density at radius 1 is 1.12 bits per heavy atom. The number of imidazole rings is 1. The number of benzene rings is 1. The van der Waals surface area contributed by atoms with E-state index in [1.165, 1.54) is 11.8 Å². The van der Waals surface area contributed by atoms with E-state index in [9.17, 15) is 4.79 Å². The smallest absolute Gasteiger partial charge is 0.280 e. The number of nitrogens with zero attached hydrogens (tertiary/aromatic N) is 4. The maximum absolute atomic E-state index is 12.6. The van der Waals surface area contributed by atoms with E-state index in [1.54, 1.807) is 11.6 Å². The number of H-pyrrole nitrogens is 1. The molecule has 0 saturated carbocycles. The molecule has 7 nitrogen and oxygen atoms in total. The lowest BCUT2D eigenvalue weighted by Gasteiger charge is -2.26. The predicted molar refractivity (Wildman–Crippen MR) is 94.8 cm³/mol. The van der Waals surface area contributed by atoms with Gasteiger partial charge in [-0.3, -0.25) is 9.36 Å². The largest absolute Gasteiger partial charge is 0.340 e. The van der Waals surface area contributed by atoms with Gasteiger partial charge in [0.05, 0.1) is 0 Å². The van der Waals surface area contributed by atoms with E-state index in [0.717, 1.165) is 37.0 Å². The Balaban J connectivity index is 1.74. The van der Waals surface area contributed by atoms with Crippen LogP contribution in [0, 0.1) is 0 Å². The first-order valence-electron chi connectivity index (χ1n) is 7.88. The number of hydrogen-bond acceptors (Lipinski definition) is 6. The van der Waals surface area contributed by atoms with Crippen molar-refractivity contribution in [1.29, 1.82) is 0 Å². The molecule has 2 aromatic heterocycles. The molecule has 0 spiro atoms. The summed E-state index contributed by atoms with van der Waals surface area (Å²) in [4.78, 5) is 28.1. The fourth-order valence-electron chi connectivity index (χ4n) is 2.71. The number of rotatable bonds is 3. The van der Waals surface area contributed by atoms with Gasteiger partial charge in [-0.2, -0.15) is 4.98 Å². The van der Waals surface area contributed by atoms with Gasteiger partial charge in [-0.05, 0) is 12.1 Å². The summed E-state index contributed by atoms with van der Waals surface area (Å²) in [7, 11) is 1.74. The second-order valence-corrected chi connectivity index (χ2v) is 6.71. The summed E-state index contributed by atoms with van der Waals surface area (Å²) in [5.41, 5.74) is 0.834. The highest BCUT2D eigenvalue weighted by Gasteiger charge is 2.18. The molecule has 8 heteroatoms. The number of aromatic nitrogens is 4. The van der Waals surface area contributed by atoms with Crippen LogP contribution in [0.4, 0.5) is 5.95 Å². The van der Waals surface area contributed by atoms with Crippen LogP contribution >= 0.6 is 11.8 Å². The third-order valence-corrected chi connectivity index (χ3v) is 5.10. The van der Waals surface area contributed by atoms with E-state index >= 15 is 0 Å². The van der Waals surface area contributed by atoms with E-state index in [0.29, 0.717) is 16.3 Å². The molecule has 1 fully saturated rings. The Bertz CT molecular complexity index is 913. The minimum Gasteiger partial charge on any atom is -0.340 e. The quantitative estimate of drug-likeness (QED) is 0.697. The van der Waals surface area contributed by atoms with Gasteiger partial charge in [0.1, 0.15) is 0 Å². The van der Waals surface area contributed by atoms with Crippen LogP contribution < -0.4 is 15.8 Å². The highest BCUT2D eigenvalue weighted by atomic mass is 32.2. The molecule has 0 unspecified atom stereocenters. The average molecular weight is 342 g/mol. The van der Waals surface area contributed by atoms with Gasteiger partial charge in [0.25, 0.3) is 5.56 Å². The molecule has 4 rings (SSSR count). The zero-order chi connectivity index (χ0) is 16.5. The minimum atomic E-state index is -0.104. The fourth-order valence-corrected chi connectivity index (χ4v) is 3.57. The van der Waals surface area contributed by atoms with Gasteiger partial charge in [0.2, 0.25) is 5.95 Å². The SMILES string of the molecule is Cn1c(Sc2ccccc2)nc2nc(N3CCNCC3)[nH]c2c1=O. The summed E-state index contributed by atoms with van der Waals surface area (Å²) < 4.78 is 1.57. The molecule has 0 amide bonds.